The lowest BCUT2D eigenvalue weighted by Gasteiger charge is -2.50. The molecule has 1 amide bonds. The second kappa shape index (κ2) is 7.96. The first-order chi connectivity index (χ1) is 14.0. The maximum Gasteiger partial charge on any atom is 0.410 e. The number of fused-ring (bicyclic) bond motifs is 2. The molecule has 0 saturated carbocycles. The van der Waals surface area contributed by atoms with Crippen LogP contribution >= 0.6 is 0 Å². The van der Waals surface area contributed by atoms with E-state index in [2.05, 4.69) is 9.97 Å². The Bertz CT molecular complexity index is 830. The van der Waals surface area contributed by atoms with Gasteiger partial charge in [0.2, 0.25) is 5.95 Å². The first-order valence-electron chi connectivity index (χ1n) is 9.75. The van der Waals surface area contributed by atoms with Crippen molar-refractivity contribution in [3.05, 3.63) is 53.9 Å². The molecule has 2 fully saturated rings. The Labute approximate surface area is 170 Å². The summed E-state index contributed by atoms with van der Waals surface area (Å²) in [6, 6.07) is 9.07. The third kappa shape index (κ3) is 4.04. The average molecular weight is 398 g/mol. The second-order valence-electron chi connectivity index (χ2n) is 7.90. The van der Waals surface area contributed by atoms with Gasteiger partial charge in [-0.05, 0) is 5.56 Å². The predicted molar refractivity (Wildman–Crippen MR) is 106 cm³/mol. The Hall–Kier alpha value is -2.71. The van der Waals surface area contributed by atoms with Crippen molar-refractivity contribution in [2.24, 2.45) is 0 Å². The highest BCUT2D eigenvalue weighted by molar-refractivity contribution is 5.69. The number of hydrogen-bond donors (Lipinski definition) is 1. The molecule has 29 heavy (non-hydrogen) atoms. The van der Waals surface area contributed by atoms with Crippen LogP contribution in [-0.2, 0) is 21.7 Å². The molecule has 154 valence electrons. The average Bonchev–Trinajstić information content (AvgIpc) is 2.72. The SMILES string of the molecule is CN(C)c1ncc(C2(O)CC3COCC(C2)N3C(=O)OCc2ccccc2)cn1. The van der Waals surface area contributed by atoms with Gasteiger partial charge >= 0.3 is 6.09 Å². The standard InChI is InChI=1S/C21H26N4O4/c1-24(2)19-22-10-16(11-23-19)21(27)8-17-13-28-14-18(9-21)25(17)20(26)29-12-15-6-4-3-5-7-15/h3-7,10-11,17-18,27H,8-9,12-14H2,1-2H3. The molecule has 2 saturated heterocycles. The fourth-order valence-electron chi connectivity index (χ4n) is 4.10. The third-order valence-electron chi connectivity index (χ3n) is 5.55. The molecule has 2 aliphatic heterocycles. The number of amides is 1. The first kappa shape index (κ1) is 19.6. The summed E-state index contributed by atoms with van der Waals surface area (Å²) in [5.74, 6) is 0.586. The van der Waals surface area contributed by atoms with E-state index in [1.54, 1.807) is 17.3 Å². The number of carbonyl (C=O) groups excluding carboxylic acids is 1. The van der Waals surface area contributed by atoms with Crippen LogP contribution in [-0.4, -0.2) is 65.5 Å². The number of rotatable bonds is 4. The molecular weight excluding hydrogens is 372 g/mol. The van der Waals surface area contributed by atoms with Crippen LogP contribution in [0.1, 0.15) is 24.0 Å². The molecule has 1 aromatic carbocycles. The molecule has 0 aliphatic carbocycles. The number of morpholine rings is 1. The molecule has 2 atom stereocenters. The monoisotopic (exact) mass is 398 g/mol. The van der Waals surface area contributed by atoms with Crippen molar-refractivity contribution in [2.75, 3.05) is 32.2 Å². The van der Waals surface area contributed by atoms with Gasteiger partial charge in [-0.1, -0.05) is 30.3 Å². The molecule has 4 rings (SSSR count). The summed E-state index contributed by atoms with van der Waals surface area (Å²) >= 11 is 0. The van der Waals surface area contributed by atoms with Crippen LogP contribution in [0, 0.1) is 0 Å². The normalized spacial score (nSPS) is 26.1. The van der Waals surface area contributed by atoms with E-state index < -0.39 is 5.60 Å². The van der Waals surface area contributed by atoms with Gasteiger partial charge in [-0.2, -0.15) is 0 Å². The van der Waals surface area contributed by atoms with Crippen LogP contribution in [0.4, 0.5) is 10.7 Å². The molecule has 2 bridgehead atoms. The number of piperidine rings is 1. The van der Waals surface area contributed by atoms with Crippen LogP contribution < -0.4 is 4.90 Å². The lowest BCUT2D eigenvalue weighted by Crippen LogP contribution is -2.62. The minimum absolute atomic E-state index is 0.223. The molecule has 2 aromatic rings. The molecule has 3 heterocycles. The zero-order valence-electron chi connectivity index (χ0n) is 16.7. The summed E-state index contributed by atoms with van der Waals surface area (Å²) in [7, 11) is 3.73. The van der Waals surface area contributed by atoms with E-state index in [9.17, 15) is 9.90 Å². The molecule has 2 unspecified atom stereocenters. The van der Waals surface area contributed by atoms with Crippen molar-refractivity contribution in [3.8, 4) is 0 Å². The van der Waals surface area contributed by atoms with Gasteiger partial charge in [-0.3, -0.25) is 4.90 Å². The van der Waals surface area contributed by atoms with Crippen molar-refractivity contribution in [1.29, 1.82) is 0 Å². The fourth-order valence-corrected chi connectivity index (χ4v) is 4.10. The van der Waals surface area contributed by atoms with E-state index in [0.717, 1.165) is 5.56 Å². The summed E-state index contributed by atoms with van der Waals surface area (Å²) < 4.78 is 11.2. The van der Waals surface area contributed by atoms with Gasteiger partial charge in [0.1, 0.15) is 6.61 Å². The highest BCUT2D eigenvalue weighted by Gasteiger charge is 2.49. The van der Waals surface area contributed by atoms with Gasteiger partial charge in [0.05, 0.1) is 30.9 Å². The van der Waals surface area contributed by atoms with Gasteiger partial charge in [0.15, 0.2) is 0 Å². The van der Waals surface area contributed by atoms with Gasteiger partial charge < -0.3 is 19.5 Å². The number of hydrogen-bond acceptors (Lipinski definition) is 7. The fraction of sp³-hybridized carbons (Fsp3) is 0.476. The Kier molecular flexibility index (Phi) is 5.38. The summed E-state index contributed by atoms with van der Waals surface area (Å²) in [6.07, 6.45) is 3.68. The summed E-state index contributed by atoms with van der Waals surface area (Å²) in [5, 5.41) is 11.4. The van der Waals surface area contributed by atoms with E-state index in [4.69, 9.17) is 9.47 Å². The number of benzene rings is 1. The van der Waals surface area contributed by atoms with E-state index in [1.807, 2.05) is 49.3 Å². The molecular formula is C21H26N4O4. The predicted octanol–water partition coefficient (Wildman–Crippen LogP) is 1.93. The number of aromatic nitrogens is 2. The molecule has 0 radical (unpaired) electrons. The van der Waals surface area contributed by atoms with Gasteiger partial charge in [-0.25, -0.2) is 14.8 Å². The molecule has 0 spiro atoms. The first-order valence-corrected chi connectivity index (χ1v) is 9.75. The van der Waals surface area contributed by atoms with Gasteiger partial charge in [-0.15, -0.1) is 0 Å². The lowest BCUT2D eigenvalue weighted by atomic mass is 9.78. The number of aliphatic hydroxyl groups is 1. The number of anilines is 1. The molecule has 8 nitrogen and oxygen atoms in total. The highest BCUT2D eigenvalue weighted by atomic mass is 16.6. The highest BCUT2D eigenvalue weighted by Crippen LogP contribution is 2.41. The van der Waals surface area contributed by atoms with Crippen molar-refractivity contribution < 1.29 is 19.4 Å². The second-order valence-corrected chi connectivity index (χ2v) is 7.90. The van der Waals surface area contributed by atoms with Crippen molar-refractivity contribution >= 4 is 12.0 Å². The third-order valence-corrected chi connectivity index (χ3v) is 5.55. The van der Waals surface area contributed by atoms with E-state index >= 15 is 0 Å². The van der Waals surface area contributed by atoms with Crippen LogP contribution in [0.3, 0.4) is 0 Å². The molecule has 1 N–H and O–H groups in total. The van der Waals surface area contributed by atoms with E-state index in [0.29, 0.717) is 37.6 Å². The Morgan fingerprint density at radius 1 is 1.21 bits per heavy atom. The van der Waals surface area contributed by atoms with E-state index in [1.165, 1.54) is 0 Å². The summed E-state index contributed by atoms with van der Waals surface area (Å²) in [4.78, 5) is 25.0. The topological polar surface area (TPSA) is 88.0 Å². The Morgan fingerprint density at radius 2 is 1.83 bits per heavy atom. The number of nitrogens with zero attached hydrogens (tertiary/aromatic N) is 4. The minimum Gasteiger partial charge on any atom is -0.445 e. The Morgan fingerprint density at radius 3 is 2.41 bits per heavy atom. The van der Waals surface area contributed by atoms with Crippen LogP contribution in [0.5, 0.6) is 0 Å². The minimum atomic E-state index is -1.10. The molecule has 2 aliphatic rings. The summed E-state index contributed by atoms with van der Waals surface area (Å²) in [5.41, 5.74) is 0.506. The smallest absolute Gasteiger partial charge is 0.410 e. The lowest BCUT2D eigenvalue weighted by molar-refractivity contribution is -0.137. The van der Waals surface area contributed by atoms with Crippen molar-refractivity contribution in [2.45, 2.75) is 37.1 Å². The molecule has 8 heteroatoms. The zero-order valence-corrected chi connectivity index (χ0v) is 16.7. The maximum absolute atomic E-state index is 12.8. The van der Waals surface area contributed by atoms with Crippen LogP contribution in [0.15, 0.2) is 42.7 Å². The summed E-state index contributed by atoms with van der Waals surface area (Å²) in [6.45, 7) is 0.965. The quantitative estimate of drug-likeness (QED) is 0.842. The largest absolute Gasteiger partial charge is 0.445 e. The zero-order chi connectivity index (χ0) is 20.4. The van der Waals surface area contributed by atoms with Crippen molar-refractivity contribution in [3.63, 3.8) is 0 Å². The van der Waals surface area contributed by atoms with E-state index in [-0.39, 0.29) is 24.8 Å². The Balaban J connectivity index is 1.47. The van der Waals surface area contributed by atoms with Crippen molar-refractivity contribution in [1.82, 2.24) is 14.9 Å². The number of carbonyl (C=O) groups is 1. The number of ether oxygens (including phenoxy) is 2. The van der Waals surface area contributed by atoms with Crippen LogP contribution in [0.25, 0.3) is 0 Å². The van der Waals surface area contributed by atoms with Gasteiger partial charge in [0.25, 0.3) is 0 Å². The molecule has 1 aromatic heterocycles. The van der Waals surface area contributed by atoms with Gasteiger partial charge in [0, 0.05) is 44.9 Å². The van der Waals surface area contributed by atoms with Crippen LogP contribution in [0.2, 0.25) is 0 Å². The maximum atomic E-state index is 12.8.